The Morgan fingerprint density at radius 1 is 1.06 bits per heavy atom. The van der Waals surface area contributed by atoms with Gasteiger partial charge in [0.25, 0.3) is 0 Å². The molecule has 1 aliphatic carbocycles. The molecule has 0 unspecified atom stereocenters. The smallest absolute Gasteiger partial charge is 0.410 e. The standard InChI is InChI=1S/C26H39N5O2.C2H6/c1-25(2,3)33-24(32)31-17-15-29(16-18-31)19-21-9-13-30(14-10-21)23-7-5-22(6-8-23)28-26(20-27)11-4-12-26;1-2/h5-8,21,28H,4,9-19H2,1-3H3;1-2H3. The van der Waals surface area contributed by atoms with E-state index < -0.39 is 5.60 Å². The Bertz CT molecular complexity index is 838. The molecule has 1 amide bonds. The molecule has 194 valence electrons. The molecule has 0 atom stereocenters. The topological polar surface area (TPSA) is 71.8 Å². The van der Waals surface area contributed by atoms with Crippen molar-refractivity contribution in [1.29, 1.82) is 5.26 Å². The highest BCUT2D eigenvalue weighted by molar-refractivity contribution is 5.68. The minimum Gasteiger partial charge on any atom is -0.444 e. The molecule has 0 spiro atoms. The number of carbonyl (C=O) groups excluding carboxylic acids is 1. The van der Waals surface area contributed by atoms with Gasteiger partial charge < -0.3 is 19.9 Å². The maximum atomic E-state index is 12.3. The Morgan fingerprint density at radius 2 is 1.66 bits per heavy atom. The lowest BCUT2D eigenvalue weighted by Crippen LogP contribution is -2.51. The molecular formula is C28H45N5O2. The van der Waals surface area contributed by atoms with Crippen LogP contribution in [-0.2, 0) is 4.74 Å². The first-order valence-electron chi connectivity index (χ1n) is 13.5. The second-order valence-corrected chi connectivity index (χ2v) is 10.9. The summed E-state index contributed by atoms with van der Waals surface area (Å²) >= 11 is 0. The molecular weight excluding hydrogens is 438 g/mol. The van der Waals surface area contributed by atoms with Crippen LogP contribution >= 0.6 is 0 Å². The molecule has 1 aromatic carbocycles. The number of anilines is 2. The van der Waals surface area contributed by atoms with Crippen LogP contribution in [0.3, 0.4) is 0 Å². The van der Waals surface area contributed by atoms with Crippen molar-refractivity contribution in [2.24, 2.45) is 5.92 Å². The van der Waals surface area contributed by atoms with Gasteiger partial charge in [0, 0.05) is 57.2 Å². The normalized spacial score (nSPS) is 20.7. The van der Waals surface area contributed by atoms with E-state index in [1.165, 1.54) is 18.5 Å². The van der Waals surface area contributed by atoms with E-state index in [4.69, 9.17) is 4.74 Å². The van der Waals surface area contributed by atoms with Gasteiger partial charge >= 0.3 is 6.09 Å². The van der Waals surface area contributed by atoms with Crippen molar-refractivity contribution in [3.05, 3.63) is 24.3 Å². The summed E-state index contributed by atoms with van der Waals surface area (Å²) in [6.07, 6.45) is 5.22. The Morgan fingerprint density at radius 3 is 2.14 bits per heavy atom. The van der Waals surface area contributed by atoms with Crippen molar-refractivity contribution in [3.8, 4) is 6.07 Å². The van der Waals surface area contributed by atoms with Crippen LogP contribution in [-0.4, -0.2) is 72.8 Å². The van der Waals surface area contributed by atoms with Gasteiger partial charge in [-0.3, -0.25) is 4.90 Å². The molecule has 2 saturated heterocycles. The highest BCUT2D eigenvalue weighted by Crippen LogP contribution is 2.35. The zero-order valence-corrected chi connectivity index (χ0v) is 22.5. The van der Waals surface area contributed by atoms with E-state index in [2.05, 4.69) is 45.5 Å². The third kappa shape index (κ3) is 7.51. The molecule has 35 heavy (non-hydrogen) atoms. The second-order valence-electron chi connectivity index (χ2n) is 10.9. The molecule has 7 heteroatoms. The Balaban J connectivity index is 0.00000167. The number of rotatable bonds is 5. The molecule has 4 rings (SSSR count). The van der Waals surface area contributed by atoms with Crippen molar-refractivity contribution in [1.82, 2.24) is 9.80 Å². The molecule has 3 fully saturated rings. The third-order valence-corrected chi connectivity index (χ3v) is 7.19. The minimum atomic E-state index is -0.436. The number of nitrogens with one attached hydrogen (secondary N) is 1. The number of benzene rings is 1. The van der Waals surface area contributed by atoms with Gasteiger partial charge in [0.1, 0.15) is 11.1 Å². The highest BCUT2D eigenvalue weighted by Gasteiger charge is 2.37. The van der Waals surface area contributed by atoms with Crippen LogP contribution in [0.25, 0.3) is 0 Å². The zero-order chi connectivity index (χ0) is 25.5. The lowest BCUT2D eigenvalue weighted by Gasteiger charge is -2.39. The number of hydrogen-bond donors (Lipinski definition) is 1. The molecule has 1 aromatic rings. The van der Waals surface area contributed by atoms with E-state index in [0.717, 1.165) is 70.8 Å². The minimum absolute atomic E-state index is 0.188. The van der Waals surface area contributed by atoms with Gasteiger partial charge in [0.15, 0.2) is 0 Å². The summed E-state index contributed by atoms with van der Waals surface area (Å²) in [7, 11) is 0. The van der Waals surface area contributed by atoms with Gasteiger partial charge in [0.2, 0.25) is 0 Å². The predicted octanol–water partition coefficient (Wildman–Crippen LogP) is 5.34. The van der Waals surface area contributed by atoms with Crippen LogP contribution in [0.1, 0.15) is 66.7 Å². The molecule has 3 aliphatic rings. The average molecular weight is 484 g/mol. The van der Waals surface area contributed by atoms with E-state index in [0.29, 0.717) is 5.92 Å². The maximum absolute atomic E-state index is 12.3. The monoisotopic (exact) mass is 483 g/mol. The SMILES string of the molecule is CC.CC(C)(C)OC(=O)N1CCN(CC2CCN(c3ccc(NC4(C#N)CCC4)cc3)CC2)CC1. The first-order valence-corrected chi connectivity index (χ1v) is 13.5. The van der Waals surface area contributed by atoms with Crippen molar-refractivity contribution in [3.63, 3.8) is 0 Å². The largest absolute Gasteiger partial charge is 0.444 e. The fourth-order valence-corrected chi connectivity index (χ4v) is 5.01. The number of piperidine rings is 1. The Kier molecular flexibility index (Phi) is 9.29. The second kappa shape index (κ2) is 12.0. The number of ether oxygens (including phenoxy) is 1. The third-order valence-electron chi connectivity index (χ3n) is 7.19. The highest BCUT2D eigenvalue weighted by atomic mass is 16.6. The molecule has 2 aliphatic heterocycles. The fourth-order valence-electron chi connectivity index (χ4n) is 5.01. The predicted molar refractivity (Wildman–Crippen MR) is 143 cm³/mol. The zero-order valence-electron chi connectivity index (χ0n) is 22.5. The number of amides is 1. The Labute approximate surface area is 212 Å². The summed E-state index contributed by atoms with van der Waals surface area (Å²) in [5, 5.41) is 12.9. The summed E-state index contributed by atoms with van der Waals surface area (Å²) in [6.45, 7) is 16.4. The van der Waals surface area contributed by atoms with Crippen molar-refractivity contribution >= 4 is 17.5 Å². The van der Waals surface area contributed by atoms with Crippen LogP contribution in [0.4, 0.5) is 16.2 Å². The summed E-state index contributed by atoms with van der Waals surface area (Å²) in [5.41, 5.74) is 1.53. The molecule has 0 aromatic heterocycles. The first-order chi connectivity index (χ1) is 16.8. The van der Waals surface area contributed by atoms with Crippen LogP contribution in [0.15, 0.2) is 24.3 Å². The number of hydrogen-bond acceptors (Lipinski definition) is 6. The van der Waals surface area contributed by atoms with Crippen LogP contribution in [0.5, 0.6) is 0 Å². The first kappa shape index (κ1) is 27.1. The fraction of sp³-hybridized carbons (Fsp3) is 0.714. The van der Waals surface area contributed by atoms with Crippen LogP contribution < -0.4 is 10.2 Å². The number of carbonyl (C=O) groups is 1. The van der Waals surface area contributed by atoms with Gasteiger partial charge in [-0.25, -0.2) is 4.79 Å². The lowest BCUT2D eigenvalue weighted by molar-refractivity contribution is 0.0130. The summed E-state index contributed by atoms with van der Waals surface area (Å²) in [5.74, 6) is 0.712. The summed E-state index contributed by atoms with van der Waals surface area (Å²) in [4.78, 5) is 19.1. The van der Waals surface area contributed by atoms with Crippen molar-refractivity contribution in [2.45, 2.75) is 77.9 Å². The van der Waals surface area contributed by atoms with Crippen LogP contribution in [0, 0.1) is 17.2 Å². The van der Waals surface area contributed by atoms with Gasteiger partial charge in [0.05, 0.1) is 6.07 Å². The van der Waals surface area contributed by atoms with E-state index in [1.54, 1.807) is 0 Å². The van der Waals surface area contributed by atoms with E-state index in [9.17, 15) is 10.1 Å². The van der Waals surface area contributed by atoms with Gasteiger partial charge in [-0.15, -0.1) is 0 Å². The molecule has 7 nitrogen and oxygen atoms in total. The van der Waals surface area contributed by atoms with E-state index in [1.807, 2.05) is 39.5 Å². The summed E-state index contributed by atoms with van der Waals surface area (Å²) in [6, 6.07) is 11.0. The molecule has 0 radical (unpaired) electrons. The average Bonchev–Trinajstić information content (AvgIpc) is 2.83. The molecule has 2 heterocycles. The molecule has 1 saturated carbocycles. The lowest BCUT2D eigenvalue weighted by atomic mass is 9.78. The van der Waals surface area contributed by atoms with E-state index >= 15 is 0 Å². The maximum Gasteiger partial charge on any atom is 0.410 e. The molecule has 0 bridgehead atoms. The van der Waals surface area contributed by atoms with E-state index in [-0.39, 0.29) is 11.6 Å². The van der Waals surface area contributed by atoms with Gasteiger partial charge in [-0.05, 0) is 83.1 Å². The summed E-state index contributed by atoms with van der Waals surface area (Å²) < 4.78 is 5.51. The molecule has 1 N–H and O–H groups in total. The number of nitriles is 1. The quantitative estimate of drug-likeness (QED) is 0.609. The van der Waals surface area contributed by atoms with Gasteiger partial charge in [-0.1, -0.05) is 13.8 Å². The van der Waals surface area contributed by atoms with Crippen LogP contribution in [0.2, 0.25) is 0 Å². The number of piperazine rings is 1. The van der Waals surface area contributed by atoms with Crippen molar-refractivity contribution < 1.29 is 9.53 Å². The van der Waals surface area contributed by atoms with Crippen molar-refractivity contribution in [2.75, 3.05) is 56.0 Å². The van der Waals surface area contributed by atoms with Gasteiger partial charge in [-0.2, -0.15) is 5.26 Å². The Hall–Kier alpha value is -2.46. The number of nitrogens with zero attached hydrogens (tertiary/aromatic N) is 4.